The van der Waals surface area contributed by atoms with Crippen LogP contribution in [-0.4, -0.2) is 58.8 Å². The van der Waals surface area contributed by atoms with E-state index in [9.17, 15) is 14.7 Å². The lowest BCUT2D eigenvalue weighted by atomic mass is 10.1. The minimum atomic E-state index is -1.02. The quantitative estimate of drug-likeness (QED) is 0.795. The molecule has 28 heavy (non-hydrogen) atoms. The molecule has 1 aromatic heterocycles. The predicted octanol–water partition coefficient (Wildman–Crippen LogP) is 4.22. The Balaban J connectivity index is 1.76. The number of carboxylic acids is 1. The molecule has 2 aromatic rings. The summed E-state index contributed by atoms with van der Waals surface area (Å²) in [5, 5.41) is 10.7. The molecule has 0 spiro atoms. The fourth-order valence-corrected chi connectivity index (χ4v) is 4.00. The van der Waals surface area contributed by atoms with E-state index in [1.165, 1.54) is 0 Å². The molecule has 1 aromatic carbocycles. The predicted molar refractivity (Wildman–Crippen MR) is 110 cm³/mol. The Morgan fingerprint density at radius 2 is 1.89 bits per heavy atom. The lowest BCUT2D eigenvalue weighted by molar-refractivity contribution is 0.0240. The SMILES string of the molecule is CC(C)(C)OC(=O)N1CCN(c2nc(-c3cccc(Cl)c3)c(C(=O)O)s2)CC1. The highest BCUT2D eigenvalue weighted by Crippen LogP contribution is 2.34. The molecule has 2 heterocycles. The summed E-state index contributed by atoms with van der Waals surface area (Å²) < 4.78 is 5.41. The second-order valence-corrected chi connectivity index (χ2v) is 8.86. The van der Waals surface area contributed by atoms with Gasteiger partial charge in [-0.15, -0.1) is 0 Å². The lowest BCUT2D eigenvalue weighted by Crippen LogP contribution is -2.50. The van der Waals surface area contributed by atoms with Gasteiger partial charge < -0.3 is 19.6 Å². The van der Waals surface area contributed by atoms with Gasteiger partial charge in [0.15, 0.2) is 5.13 Å². The normalized spacial score (nSPS) is 14.9. The van der Waals surface area contributed by atoms with E-state index in [0.29, 0.717) is 47.6 Å². The van der Waals surface area contributed by atoms with Gasteiger partial charge in [0, 0.05) is 36.8 Å². The zero-order valence-corrected chi connectivity index (χ0v) is 17.5. The van der Waals surface area contributed by atoms with E-state index in [2.05, 4.69) is 4.98 Å². The van der Waals surface area contributed by atoms with Crippen molar-refractivity contribution in [3.63, 3.8) is 0 Å². The Kier molecular flexibility index (Phi) is 5.81. The molecule has 1 aliphatic rings. The van der Waals surface area contributed by atoms with E-state index in [4.69, 9.17) is 16.3 Å². The maximum absolute atomic E-state index is 12.2. The Bertz CT molecular complexity index is 886. The molecule has 1 fully saturated rings. The van der Waals surface area contributed by atoms with Crippen molar-refractivity contribution in [1.29, 1.82) is 0 Å². The molecular weight excluding hydrogens is 402 g/mol. The molecule has 0 unspecified atom stereocenters. The molecule has 1 aliphatic heterocycles. The van der Waals surface area contributed by atoms with Gasteiger partial charge in [-0.25, -0.2) is 14.6 Å². The third-order valence-electron chi connectivity index (χ3n) is 4.11. The maximum Gasteiger partial charge on any atom is 0.410 e. The molecule has 0 radical (unpaired) electrons. The summed E-state index contributed by atoms with van der Waals surface area (Å²) in [6.07, 6.45) is -0.336. The molecule has 3 rings (SSSR count). The highest BCUT2D eigenvalue weighted by Gasteiger charge is 2.28. The van der Waals surface area contributed by atoms with Crippen LogP contribution in [0.4, 0.5) is 9.93 Å². The zero-order chi connectivity index (χ0) is 20.5. The van der Waals surface area contributed by atoms with Gasteiger partial charge >= 0.3 is 12.1 Å². The summed E-state index contributed by atoms with van der Waals surface area (Å²) >= 11 is 7.17. The summed E-state index contributed by atoms with van der Waals surface area (Å²) in [4.78, 5) is 32.3. The van der Waals surface area contributed by atoms with Crippen molar-refractivity contribution in [3.05, 3.63) is 34.2 Å². The van der Waals surface area contributed by atoms with E-state index in [-0.39, 0.29) is 11.0 Å². The molecule has 0 atom stereocenters. The number of thiazole rings is 1. The van der Waals surface area contributed by atoms with Gasteiger partial charge in [-0.2, -0.15) is 0 Å². The fourth-order valence-electron chi connectivity index (χ4n) is 2.83. The van der Waals surface area contributed by atoms with E-state index < -0.39 is 11.6 Å². The average molecular weight is 424 g/mol. The molecule has 1 amide bonds. The van der Waals surface area contributed by atoms with Gasteiger partial charge in [0.1, 0.15) is 10.5 Å². The molecule has 0 aliphatic carbocycles. The van der Waals surface area contributed by atoms with Crippen LogP contribution >= 0.6 is 22.9 Å². The van der Waals surface area contributed by atoms with Crippen molar-refractivity contribution in [2.45, 2.75) is 26.4 Å². The lowest BCUT2D eigenvalue weighted by Gasteiger charge is -2.35. The number of nitrogens with zero attached hydrogens (tertiary/aromatic N) is 3. The molecule has 0 bridgehead atoms. The van der Waals surface area contributed by atoms with Crippen LogP contribution in [0.5, 0.6) is 0 Å². The third kappa shape index (κ3) is 4.74. The van der Waals surface area contributed by atoms with Crippen molar-refractivity contribution >= 4 is 40.1 Å². The summed E-state index contributed by atoms with van der Waals surface area (Å²) in [6.45, 7) is 7.60. The Hall–Kier alpha value is -2.32. The van der Waals surface area contributed by atoms with Gasteiger partial charge in [-0.05, 0) is 32.9 Å². The Morgan fingerprint density at radius 3 is 2.46 bits per heavy atom. The fraction of sp³-hybridized carbons (Fsp3) is 0.421. The number of carboxylic acid groups (broad SMARTS) is 1. The third-order valence-corrected chi connectivity index (χ3v) is 5.45. The number of aromatic carboxylic acids is 1. The number of hydrogen-bond donors (Lipinski definition) is 1. The van der Waals surface area contributed by atoms with Gasteiger partial charge in [0.25, 0.3) is 0 Å². The number of amides is 1. The van der Waals surface area contributed by atoms with Crippen LogP contribution in [-0.2, 0) is 4.74 Å². The molecule has 150 valence electrons. The first-order chi connectivity index (χ1) is 13.1. The minimum absolute atomic E-state index is 0.173. The number of carbonyl (C=O) groups is 2. The van der Waals surface area contributed by atoms with Crippen LogP contribution in [0.25, 0.3) is 11.3 Å². The van der Waals surface area contributed by atoms with Crippen molar-refractivity contribution in [2.75, 3.05) is 31.1 Å². The number of benzene rings is 1. The highest BCUT2D eigenvalue weighted by atomic mass is 35.5. The van der Waals surface area contributed by atoms with Crippen LogP contribution in [0, 0.1) is 0 Å². The average Bonchev–Trinajstić information content (AvgIpc) is 3.06. The number of halogens is 1. The first-order valence-electron chi connectivity index (χ1n) is 8.87. The molecule has 1 saturated heterocycles. The standard InChI is InChI=1S/C19H22ClN3O4S/c1-19(2,3)27-18(26)23-9-7-22(8-10-23)17-21-14(15(28-17)16(24)25)12-5-4-6-13(20)11-12/h4-6,11H,7-10H2,1-3H3,(H,24,25). The number of anilines is 1. The van der Waals surface area contributed by atoms with Crippen LogP contribution in [0.3, 0.4) is 0 Å². The van der Waals surface area contributed by atoms with Crippen molar-refractivity contribution in [1.82, 2.24) is 9.88 Å². The number of aromatic nitrogens is 1. The second kappa shape index (κ2) is 7.97. The number of ether oxygens (including phenoxy) is 1. The van der Waals surface area contributed by atoms with E-state index in [1.807, 2.05) is 25.7 Å². The zero-order valence-electron chi connectivity index (χ0n) is 15.9. The van der Waals surface area contributed by atoms with Gasteiger partial charge in [-0.1, -0.05) is 35.1 Å². The minimum Gasteiger partial charge on any atom is -0.477 e. The van der Waals surface area contributed by atoms with Crippen LogP contribution < -0.4 is 4.90 Å². The molecule has 0 saturated carbocycles. The van der Waals surface area contributed by atoms with Crippen molar-refractivity contribution in [3.8, 4) is 11.3 Å². The largest absolute Gasteiger partial charge is 0.477 e. The number of piperazine rings is 1. The van der Waals surface area contributed by atoms with Crippen LogP contribution in [0.15, 0.2) is 24.3 Å². The molecule has 9 heteroatoms. The summed E-state index contributed by atoms with van der Waals surface area (Å²) in [5.74, 6) is -1.02. The summed E-state index contributed by atoms with van der Waals surface area (Å²) in [7, 11) is 0. The second-order valence-electron chi connectivity index (χ2n) is 7.44. The monoisotopic (exact) mass is 423 g/mol. The van der Waals surface area contributed by atoms with Crippen LogP contribution in [0.2, 0.25) is 5.02 Å². The first kappa shape index (κ1) is 20.4. The van der Waals surface area contributed by atoms with E-state index >= 15 is 0 Å². The van der Waals surface area contributed by atoms with Crippen molar-refractivity contribution < 1.29 is 19.4 Å². The summed E-state index contributed by atoms with van der Waals surface area (Å²) in [6, 6.07) is 6.99. The maximum atomic E-state index is 12.2. The first-order valence-corrected chi connectivity index (χ1v) is 10.1. The highest BCUT2D eigenvalue weighted by molar-refractivity contribution is 7.17. The van der Waals surface area contributed by atoms with Gasteiger partial charge in [-0.3, -0.25) is 0 Å². The Morgan fingerprint density at radius 1 is 1.21 bits per heavy atom. The van der Waals surface area contributed by atoms with E-state index in [0.717, 1.165) is 11.3 Å². The molecule has 7 nitrogen and oxygen atoms in total. The number of carbonyl (C=O) groups excluding carboxylic acids is 1. The Labute approximate surface area is 172 Å². The van der Waals surface area contributed by atoms with Crippen molar-refractivity contribution in [2.24, 2.45) is 0 Å². The number of rotatable bonds is 3. The van der Waals surface area contributed by atoms with Gasteiger partial charge in [0.05, 0.1) is 5.69 Å². The topological polar surface area (TPSA) is 83.0 Å². The van der Waals surface area contributed by atoms with Gasteiger partial charge in [0.2, 0.25) is 0 Å². The van der Waals surface area contributed by atoms with E-state index in [1.54, 1.807) is 29.2 Å². The summed E-state index contributed by atoms with van der Waals surface area (Å²) in [5.41, 5.74) is 0.538. The van der Waals surface area contributed by atoms with Crippen LogP contribution in [0.1, 0.15) is 30.4 Å². The number of hydrogen-bond acceptors (Lipinski definition) is 6. The smallest absolute Gasteiger partial charge is 0.410 e. The molecule has 1 N–H and O–H groups in total. The molecular formula is C19H22ClN3O4S.